The molecule has 0 spiro atoms. The Hall–Kier alpha value is -3.42. The fourth-order valence-corrected chi connectivity index (χ4v) is 4.60. The van der Waals surface area contributed by atoms with E-state index in [2.05, 4.69) is 57.0 Å². The van der Waals surface area contributed by atoms with Crippen LogP contribution in [0.5, 0.6) is 0 Å². The molecule has 4 heterocycles. The van der Waals surface area contributed by atoms with Gasteiger partial charge in [-0.25, -0.2) is 4.98 Å². The third-order valence-corrected chi connectivity index (χ3v) is 6.74. The average Bonchev–Trinajstić information content (AvgIpc) is 3.35. The van der Waals surface area contributed by atoms with Crippen LogP contribution in [-0.4, -0.2) is 65.2 Å². The van der Waals surface area contributed by atoms with Crippen molar-refractivity contribution in [2.45, 2.75) is 26.7 Å². The van der Waals surface area contributed by atoms with Gasteiger partial charge in [-0.1, -0.05) is 30.3 Å². The predicted molar refractivity (Wildman–Crippen MR) is 127 cm³/mol. The second-order valence-corrected chi connectivity index (χ2v) is 9.06. The van der Waals surface area contributed by atoms with Gasteiger partial charge in [0.15, 0.2) is 0 Å². The first-order valence-electron chi connectivity index (χ1n) is 11.7. The summed E-state index contributed by atoms with van der Waals surface area (Å²) in [5.74, 6) is 1.93. The molecular formula is C25H30N6O2. The predicted octanol–water partition coefficient (Wildman–Crippen LogP) is 3.64. The number of para-hydroxylation sites is 1. The third kappa shape index (κ3) is 4.55. The number of aromatic nitrogens is 3. The van der Waals surface area contributed by atoms with Crippen molar-refractivity contribution in [2.75, 3.05) is 49.1 Å². The van der Waals surface area contributed by atoms with E-state index in [1.807, 2.05) is 18.2 Å². The molecule has 0 radical (unpaired) electrons. The van der Waals surface area contributed by atoms with E-state index in [1.54, 1.807) is 11.1 Å². The highest BCUT2D eigenvalue weighted by molar-refractivity contribution is 5.90. The fourth-order valence-electron chi connectivity index (χ4n) is 4.60. The van der Waals surface area contributed by atoms with Crippen molar-refractivity contribution in [1.82, 2.24) is 20.0 Å². The molecule has 0 N–H and O–H groups in total. The van der Waals surface area contributed by atoms with Gasteiger partial charge in [0, 0.05) is 56.7 Å². The van der Waals surface area contributed by atoms with Gasteiger partial charge in [-0.2, -0.15) is 4.98 Å². The lowest BCUT2D eigenvalue weighted by molar-refractivity contribution is 0.0696. The summed E-state index contributed by atoms with van der Waals surface area (Å²) in [6.45, 7) is 9.21. The van der Waals surface area contributed by atoms with Gasteiger partial charge in [0.2, 0.25) is 5.82 Å². The van der Waals surface area contributed by atoms with Crippen LogP contribution in [0.2, 0.25) is 0 Å². The standard InChI is InChI=1S/C25H30N6O2/c1-18-8-11-30(12-9-18)22-17-20(7-10-26-22)23-27-24(33-28-23)25(32)31-15-13-29(14-16-31)21-6-4-3-5-19(21)2/h3-7,10,17-18H,8-9,11-16H2,1-2H3. The zero-order chi connectivity index (χ0) is 22.8. The van der Waals surface area contributed by atoms with Gasteiger partial charge in [0.05, 0.1) is 0 Å². The molecule has 3 aromatic rings. The molecule has 0 saturated carbocycles. The minimum absolute atomic E-state index is 0.0412. The van der Waals surface area contributed by atoms with E-state index in [4.69, 9.17) is 4.52 Å². The summed E-state index contributed by atoms with van der Waals surface area (Å²) in [6.07, 6.45) is 4.11. The van der Waals surface area contributed by atoms with Crippen LogP contribution in [0.4, 0.5) is 11.5 Å². The molecule has 2 saturated heterocycles. The molecule has 2 fully saturated rings. The minimum atomic E-state index is -0.211. The number of carbonyl (C=O) groups is 1. The van der Waals surface area contributed by atoms with E-state index < -0.39 is 0 Å². The molecular weight excluding hydrogens is 416 g/mol. The number of hydrogen-bond donors (Lipinski definition) is 0. The normalized spacial score (nSPS) is 17.5. The minimum Gasteiger partial charge on any atom is -0.368 e. The third-order valence-electron chi connectivity index (χ3n) is 6.74. The lowest BCUT2D eigenvalue weighted by atomic mass is 9.99. The number of nitrogens with zero attached hydrogens (tertiary/aromatic N) is 6. The Balaban J connectivity index is 1.24. The Bertz CT molecular complexity index is 1110. The first-order chi connectivity index (χ1) is 16.1. The molecule has 8 nitrogen and oxygen atoms in total. The van der Waals surface area contributed by atoms with Crippen LogP contribution in [0.1, 0.15) is 36.0 Å². The number of carbonyl (C=O) groups excluding carboxylic acids is 1. The van der Waals surface area contributed by atoms with E-state index in [-0.39, 0.29) is 11.8 Å². The molecule has 8 heteroatoms. The molecule has 0 bridgehead atoms. The van der Waals surface area contributed by atoms with E-state index >= 15 is 0 Å². The van der Waals surface area contributed by atoms with Gasteiger partial charge in [0.25, 0.3) is 0 Å². The number of piperazine rings is 1. The first kappa shape index (κ1) is 21.4. The maximum Gasteiger partial charge on any atom is 0.316 e. The van der Waals surface area contributed by atoms with Crippen molar-refractivity contribution in [1.29, 1.82) is 0 Å². The van der Waals surface area contributed by atoms with Crippen LogP contribution < -0.4 is 9.80 Å². The van der Waals surface area contributed by atoms with Gasteiger partial charge in [0.1, 0.15) is 5.82 Å². The molecule has 33 heavy (non-hydrogen) atoms. The van der Waals surface area contributed by atoms with Crippen molar-refractivity contribution >= 4 is 17.4 Å². The topological polar surface area (TPSA) is 78.6 Å². The number of hydrogen-bond acceptors (Lipinski definition) is 7. The Kier molecular flexibility index (Phi) is 5.98. The largest absolute Gasteiger partial charge is 0.368 e. The monoisotopic (exact) mass is 446 g/mol. The number of rotatable bonds is 4. The molecule has 1 aromatic carbocycles. The van der Waals surface area contributed by atoms with Gasteiger partial charge in [-0.05, 0) is 49.4 Å². The van der Waals surface area contributed by atoms with Gasteiger partial charge in [-0.15, -0.1) is 0 Å². The highest BCUT2D eigenvalue weighted by atomic mass is 16.5. The summed E-state index contributed by atoms with van der Waals surface area (Å²) in [5.41, 5.74) is 3.28. The molecule has 0 atom stereocenters. The number of aryl methyl sites for hydroxylation is 1. The Labute approximate surface area is 194 Å². The number of anilines is 2. The van der Waals surface area contributed by atoms with Gasteiger partial charge in [-0.3, -0.25) is 4.79 Å². The summed E-state index contributed by atoms with van der Waals surface area (Å²) in [7, 11) is 0. The molecule has 2 aliphatic heterocycles. The summed E-state index contributed by atoms with van der Waals surface area (Å²) in [6, 6.07) is 12.2. The lowest BCUT2D eigenvalue weighted by Gasteiger charge is -2.36. The maximum absolute atomic E-state index is 13.0. The molecule has 2 aromatic heterocycles. The van der Waals surface area contributed by atoms with E-state index in [1.165, 1.54) is 24.1 Å². The molecule has 0 unspecified atom stereocenters. The van der Waals surface area contributed by atoms with Crippen LogP contribution >= 0.6 is 0 Å². The second-order valence-electron chi connectivity index (χ2n) is 9.06. The smallest absolute Gasteiger partial charge is 0.316 e. The number of piperidine rings is 1. The van der Waals surface area contributed by atoms with Crippen LogP contribution in [0.3, 0.4) is 0 Å². The van der Waals surface area contributed by atoms with Crippen molar-refractivity contribution in [3.05, 3.63) is 54.0 Å². The Morgan fingerprint density at radius 2 is 1.76 bits per heavy atom. The van der Waals surface area contributed by atoms with Gasteiger partial charge < -0.3 is 19.2 Å². The zero-order valence-electron chi connectivity index (χ0n) is 19.3. The summed E-state index contributed by atoms with van der Waals surface area (Å²) >= 11 is 0. The quantitative estimate of drug-likeness (QED) is 0.605. The van der Waals surface area contributed by atoms with E-state index in [9.17, 15) is 4.79 Å². The average molecular weight is 447 g/mol. The first-order valence-corrected chi connectivity index (χ1v) is 11.7. The molecule has 2 aliphatic rings. The summed E-state index contributed by atoms with van der Waals surface area (Å²) < 4.78 is 5.36. The van der Waals surface area contributed by atoms with Crippen molar-refractivity contribution in [3.63, 3.8) is 0 Å². The molecule has 1 amide bonds. The van der Waals surface area contributed by atoms with Crippen molar-refractivity contribution in [3.8, 4) is 11.4 Å². The van der Waals surface area contributed by atoms with Gasteiger partial charge >= 0.3 is 11.8 Å². The van der Waals surface area contributed by atoms with Crippen molar-refractivity contribution in [2.24, 2.45) is 5.92 Å². The van der Waals surface area contributed by atoms with E-state index in [0.717, 1.165) is 43.5 Å². The zero-order valence-corrected chi connectivity index (χ0v) is 19.3. The van der Waals surface area contributed by atoms with Crippen LogP contribution in [0.15, 0.2) is 47.1 Å². The second kappa shape index (κ2) is 9.21. The highest BCUT2D eigenvalue weighted by Crippen LogP contribution is 2.25. The molecule has 172 valence electrons. The lowest BCUT2D eigenvalue weighted by Crippen LogP contribution is -2.49. The highest BCUT2D eigenvalue weighted by Gasteiger charge is 2.27. The molecule has 5 rings (SSSR count). The van der Waals surface area contributed by atoms with Crippen molar-refractivity contribution < 1.29 is 9.32 Å². The van der Waals surface area contributed by atoms with Crippen LogP contribution in [0.25, 0.3) is 11.4 Å². The number of benzene rings is 1. The Morgan fingerprint density at radius 3 is 2.52 bits per heavy atom. The van der Waals surface area contributed by atoms with E-state index in [0.29, 0.717) is 18.9 Å². The fraction of sp³-hybridized carbons (Fsp3) is 0.440. The number of pyridine rings is 1. The maximum atomic E-state index is 13.0. The SMILES string of the molecule is Cc1ccccc1N1CCN(C(=O)c2nc(-c3ccnc(N4CCC(C)CC4)c3)no2)CC1. The molecule has 0 aliphatic carbocycles. The van der Waals surface area contributed by atoms with Crippen LogP contribution in [0, 0.1) is 12.8 Å². The van der Waals surface area contributed by atoms with Crippen LogP contribution in [-0.2, 0) is 0 Å². The summed E-state index contributed by atoms with van der Waals surface area (Å²) in [4.78, 5) is 28.3. The summed E-state index contributed by atoms with van der Waals surface area (Å²) in [5, 5.41) is 4.08. The number of amides is 1. The Morgan fingerprint density at radius 1 is 1.00 bits per heavy atom.